The molecule has 1 atom stereocenters. The molecule has 7 nitrogen and oxygen atoms in total. The minimum absolute atomic E-state index is 0.104. The first-order chi connectivity index (χ1) is 13.1. The van der Waals surface area contributed by atoms with Crippen LogP contribution >= 0.6 is 11.6 Å². The fraction of sp³-hybridized carbons (Fsp3) is 0.368. The van der Waals surface area contributed by atoms with Crippen LogP contribution in [0.2, 0.25) is 5.15 Å². The third kappa shape index (κ3) is 2.87. The second kappa shape index (κ2) is 6.28. The first kappa shape index (κ1) is 16.6. The van der Waals surface area contributed by atoms with Crippen molar-refractivity contribution in [2.75, 3.05) is 0 Å². The van der Waals surface area contributed by atoms with Crippen LogP contribution in [0.15, 0.2) is 43.0 Å². The fourth-order valence-corrected chi connectivity index (χ4v) is 4.15. The summed E-state index contributed by atoms with van der Waals surface area (Å²) in [5.41, 5.74) is 1.58. The van der Waals surface area contributed by atoms with Gasteiger partial charge in [0.25, 0.3) is 0 Å². The first-order valence-corrected chi connectivity index (χ1v) is 9.28. The Balaban J connectivity index is 1.24. The van der Waals surface area contributed by atoms with E-state index in [1.807, 2.05) is 22.8 Å². The van der Waals surface area contributed by atoms with Gasteiger partial charge in [0.05, 0.1) is 17.5 Å². The highest BCUT2D eigenvalue weighted by atomic mass is 35.5. The summed E-state index contributed by atoms with van der Waals surface area (Å²) in [6.45, 7) is 0. The molecular formula is C19H17ClN4O3. The number of ether oxygens (including phenoxy) is 2. The smallest absolute Gasteiger partial charge is 0.338 e. The van der Waals surface area contributed by atoms with Gasteiger partial charge in [0.2, 0.25) is 0 Å². The molecule has 1 saturated heterocycles. The Labute approximate surface area is 160 Å². The van der Waals surface area contributed by atoms with Gasteiger partial charge in [0.15, 0.2) is 10.8 Å². The molecule has 27 heavy (non-hydrogen) atoms. The van der Waals surface area contributed by atoms with Crippen molar-refractivity contribution in [2.24, 2.45) is 0 Å². The molecule has 2 aliphatic rings. The van der Waals surface area contributed by atoms with Gasteiger partial charge in [-0.15, -0.1) is 0 Å². The minimum atomic E-state index is -0.281. The summed E-state index contributed by atoms with van der Waals surface area (Å²) in [7, 11) is 0. The van der Waals surface area contributed by atoms with E-state index >= 15 is 0 Å². The maximum absolute atomic E-state index is 12.2. The summed E-state index contributed by atoms with van der Waals surface area (Å²) in [6, 6.07) is 9.05. The molecule has 1 aliphatic carbocycles. The zero-order valence-corrected chi connectivity index (χ0v) is 15.2. The van der Waals surface area contributed by atoms with Gasteiger partial charge in [0, 0.05) is 12.8 Å². The van der Waals surface area contributed by atoms with E-state index in [0.29, 0.717) is 34.7 Å². The normalized spacial score (nSPS) is 27.0. The topological polar surface area (TPSA) is 79.1 Å². The van der Waals surface area contributed by atoms with Crippen LogP contribution in [0.1, 0.15) is 42.3 Å². The van der Waals surface area contributed by atoms with E-state index in [1.54, 1.807) is 18.5 Å². The van der Waals surface area contributed by atoms with E-state index in [-0.39, 0.29) is 23.9 Å². The van der Waals surface area contributed by atoms with Crippen molar-refractivity contribution in [3.05, 3.63) is 53.7 Å². The summed E-state index contributed by atoms with van der Waals surface area (Å²) in [4.78, 5) is 24.7. The molecular weight excluding hydrogens is 368 g/mol. The Morgan fingerprint density at radius 3 is 2.85 bits per heavy atom. The molecule has 1 spiro atoms. The Kier molecular flexibility index (Phi) is 3.87. The van der Waals surface area contributed by atoms with E-state index in [2.05, 4.69) is 15.0 Å². The van der Waals surface area contributed by atoms with E-state index in [0.717, 1.165) is 12.8 Å². The largest absolute Gasteiger partial charge is 0.459 e. The molecule has 0 unspecified atom stereocenters. The van der Waals surface area contributed by atoms with E-state index in [9.17, 15) is 4.79 Å². The Morgan fingerprint density at radius 1 is 1.22 bits per heavy atom. The quantitative estimate of drug-likeness (QED) is 0.507. The van der Waals surface area contributed by atoms with Gasteiger partial charge in [-0.1, -0.05) is 29.8 Å². The van der Waals surface area contributed by atoms with Gasteiger partial charge in [-0.25, -0.2) is 19.7 Å². The van der Waals surface area contributed by atoms with Crippen molar-refractivity contribution in [3.8, 4) is 0 Å². The third-order valence-corrected chi connectivity index (χ3v) is 5.62. The van der Waals surface area contributed by atoms with Crippen LogP contribution in [-0.2, 0) is 9.47 Å². The number of rotatable bonds is 3. The maximum Gasteiger partial charge on any atom is 0.338 e. The summed E-state index contributed by atoms with van der Waals surface area (Å²) in [5.74, 6) is -0.281. The maximum atomic E-state index is 12.2. The van der Waals surface area contributed by atoms with Crippen LogP contribution in [0.4, 0.5) is 0 Å². The van der Waals surface area contributed by atoms with Crippen molar-refractivity contribution < 1.29 is 14.3 Å². The van der Waals surface area contributed by atoms with Crippen molar-refractivity contribution in [3.63, 3.8) is 0 Å². The van der Waals surface area contributed by atoms with Crippen LogP contribution in [0.3, 0.4) is 0 Å². The summed E-state index contributed by atoms with van der Waals surface area (Å²) < 4.78 is 13.8. The van der Waals surface area contributed by atoms with Crippen molar-refractivity contribution in [1.29, 1.82) is 0 Å². The second-order valence-electron chi connectivity index (χ2n) is 7.08. The number of hydrogen-bond donors (Lipinski definition) is 0. The Bertz CT molecular complexity index is 1000. The molecule has 2 fully saturated rings. The second-order valence-corrected chi connectivity index (χ2v) is 7.44. The van der Waals surface area contributed by atoms with Gasteiger partial charge < -0.3 is 9.47 Å². The zero-order chi connectivity index (χ0) is 18.4. The number of hydrogen-bond acceptors (Lipinski definition) is 6. The predicted molar refractivity (Wildman–Crippen MR) is 97.3 cm³/mol. The average molecular weight is 385 g/mol. The van der Waals surface area contributed by atoms with Gasteiger partial charge in [-0.05, 0) is 25.0 Å². The molecule has 2 aromatic heterocycles. The SMILES string of the molecule is O=C(O[C@H]1C[C@@]2(CC[C@H](n3cnc4c(Cl)ncnc43)O2)C1)c1ccccc1. The Hall–Kier alpha value is -2.51. The molecule has 3 heterocycles. The third-order valence-electron chi connectivity index (χ3n) is 5.34. The van der Waals surface area contributed by atoms with Gasteiger partial charge in [-0.3, -0.25) is 4.57 Å². The lowest BCUT2D eigenvalue weighted by atomic mass is 9.75. The van der Waals surface area contributed by atoms with Crippen LogP contribution in [-0.4, -0.2) is 37.2 Å². The number of carbonyl (C=O) groups excluding carboxylic acids is 1. The molecule has 0 N–H and O–H groups in total. The van der Waals surface area contributed by atoms with Crippen LogP contribution in [0.5, 0.6) is 0 Å². The number of aromatic nitrogens is 4. The summed E-state index contributed by atoms with van der Waals surface area (Å²) in [5, 5.41) is 0.336. The fourth-order valence-electron chi connectivity index (χ4n) is 3.97. The van der Waals surface area contributed by atoms with Crippen molar-refractivity contribution >= 4 is 28.7 Å². The molecule has 0 amide bonds. The molecule has 1 saturated carbocycles. The molecule has 0 radical (unpaired) electrons. The van der Waals surface area contributed by atoms with Crippen LogP contribution in [0.25, 0.3) is 11.2 Å². The molecule has 1 aliphatic heterocycles. The average Bonchev–Trinajstić information content (AvgIpc) is 3.27. The number of carbonyl (C=O) groups is 1. The lowest BCUT2D eigenvalue weighted by Gasteiger charge is -2.43. The predicted octanol–water partition coefficient (Wildman–Crippen LogP) is 3.55. The summed E-state index contributed by atoms with van der Waals surface area (Å²) >= 11 is 6.07. The zero-order valence-electron chi connectivity index (χ0n) is 14.4. The van der Waals surface area contributed by atoms with Crippen molar-refractivity contribution in [1.82, 2.24) is 19.5 Å². The Morgan fingerprint density at radius 2 is 2.04 bits per heavy atom. The minimum Gasteiger partial charge on any atom is -0.459 e. The molecule has 1 aromatic carbocycles. The number of imidazole rings is 1. The highest BCUT2D eigenvalue weighted by Gasteiger charge is 2.52. The van der Waals surface area contributed by atoms with Gasteiger partial charge in [-0.2, -0.15) is 0 Å². The molecule has 138 valence electrons. The highest BCUT2D eigenvalue weighted by molar-refractivity contribution is 6.33. The van der Waals surface area contributed by atoms with E-state index < -0.39 is 0 Å². The highest BCUT2D eigenvalue weighted by Crippen LogP contribution is 2.50. The molecule has 8 heteroatoms. The van der Waals surface area contributed by atoms with E-state index in [4.69, 9.17) is 21.1 Å². The standard InChI is InChI=1S/C19H17ClN4O3/c20-16-15-17(22-10-21-16)24(11-23-15)14-6-7-19(27-14)8-13(9-19)26-18(25)12-4-2-1-3-5-12/h1-5,10-11,13-14H,6-9H2/t13-,14-,19-/m1/s1. The first-order valence-electron chi connectivity index (χ1n) is 8.90. The lowest BCUT2D eigenvalue weighted by Crippen LogP contribution is -2.48. The van der Waals surface area contributed by atoms with Gasteiger partial charge >= 0.3 is 5.97 Å². The molecule has 5 rings (SSSR count). The van der Waals surface area contributed by atoms with Crippen molar-refractivity contribution in [2.45, 2.75) is 43.6 Å². The number of nitrogens with zero attached hydrogens (tertiary/aromatic N) is 4. The monoisotopic (exact) mass is 384 g/mol. The molecule has 0 bridgehead atoms. The number of fused-ring (bicyclic) bond motifs is 1. The van der Waals surface area contributed by atoms with Gasteiger partial charge in [0.1, 0.15) is 24.2 Å². The van der Waals surface area contributed by atoms with Crippen LogP contribution < -0.4 is 0 Å². The summed E-state index contributed by atoms with van der Waals surface area (Å²) in [6.07, 6.45) is 6.06. The lowest BCUT2D eigenvalue weighted by molar-refractivity contribution is -0.162. The van der Waals surface area contributed by atoms with Crippen LogP contribution in [0, 0.1) is 0 Å². The number of esters is 1. The number of benzene rings is 1. The molecule has 3 aromatic rings. The number of halogens is 1. The van der Waals surface area contributed by atoms with E-state index in [1.165, 1.54) is 6.33 Å².